The molecule has 3 rings (SSSR count). The number of aromatic nitrogens is 1. The SMILES string of the molecule is COCCNC(=O)C[C@H](c1ccccc1OC)c1c[nH]c2ccccc12. The number of hydrogen-bond donors (Lipinski definition) is 2. The second kappa shape index (κ2) is 8.54. The molecule has 1 atom stereocenters. The van der Waals surface area contributed by atoms with Gasteiger partial charge in [0.15, 0.2) is 0 Å². The second-order valence-electron chi connectivity index (χ2n) is 6.13. The minimum Gasteiger partial charge on any atom is -0.496 e. The predicted molar refractivity (Wildman–Crippen MR) is 103 cm³/mol. The Morgan fingerprint density at radius 3 is 2.65 bits per heavy atom. The Kier molecular flexibility index (Phi) is 5.92. The summed E-state index contributed by atoms with van der Waals surface area (Å²) in [4.78, 5) is 15.8. The van der Waals surface area contributed by atoms with E-state index in [4.69, 9.17) is 9.47 Å². The number of carbonyl (C=O) groups excluding carboxylic acids is 1. The number of aromatic amines is 1. The van der Waals surface area contributed by atoms with Crippen LogP contribution in [0.1, 0.15) is 23.5 Å². The predicted octanol–water partition coefficient (Wildman–Crippen LogP) is 3.46. The standard InChI is InChI=1S/C21H24N2O3/c1-25-12-11-22-21(24)13-17(16-8-4-6-10-20(16)26-2)18-14-23-19-9-5-3-7-15(18)19/h3-10,14,17,23H,11-13H2,1-2H3,(H,22,24)/t17-/m1/s1. The van der Waals surface area contributed by atoms with E-state index < -0.39 is 0 Å². The van der Waals surface area contributed by atoms with Crippen LogP contribution in [0.2, 0.25) is 0 Å². The zero-order valence-electron chi connectivity index (χ0n) is 15.1. The number of nitrogens with one attached hydrogen (secondary N) is 2. The lowest BCUT2D eigenvalue weighted by molar-refractivity contribution is -0.121. The summed E-state index contributed by atoms with van der Waals surface area (Å²) >= 11 is 0. The van der Waals surface area contributed by atoms with E-state index in [1.807, 2.05) is 48.7 Å². The third-order valence-corrected chi connectivity index (χ3v) is 4.53. The van der Waals surface area contributed by atoms with E-state index in [1.165, 1.54) is 0 Å². The molecular formula is C21H24N2O3. The first-order valence-electron chi connectivity index (χ1n) is 8.69. The number of H-pyrrole nitrogens is 1. The smallest absolute Gasteiger partial charge is 0.221 e. The third-order valence-electron chi connectivity index (χ3n) is 4.53. The van der Waals surface area contributed by atoms with Gasteiger partial charge in [0.2, 0.25) is 5.91 Å². The van der Waals surface area contributed by atoms with Gasteiger partial charge in [-0.3, -0.25) is 4.79 Å². The van der Waals surface area contributed by atoms with Crippen LogP contribution in [-0.2, 0) is 9.53 Å². The Hall–Kier alpha value is -2.79. The lowest BCUT2D eigenvalue weighted by Crippen LogP contribution is -2.28. The molecule has 26 heavy (non-hydrogen) atoms. The molecule has 2 N–H and O–H groups in total. The fraction of sp³-hybridized carbons (Fsp3) is 0.286. The molecule has 0 aliphatic rings. The normalized spacial score (nSPS) is 12.1. The first kappa shape index (κ1) is 18.0. The summed E-state index contributed by atoms with van der Waals surface area (Å²) in [5, 5.41) is 4.03. The molecule has 0 fully saturated rings. The number of fused-ring (bicyclic) bond motifs is 1. The molecule has 2 aromatic carbocycles. The highest BCUT2D eigenvalue weighted by atomic mass is 16.5. The lowest BCUT2D eigenvalue weighted by atomic mass is 9.87. The molecule has 5 nitrogen and oxygen atoms in total. The van der Waals surface area contributed by atoms with Crippen molar-refractivity contribution >= 4 is 16.8 Å². The Labute approximate surface area is 153 Å². The van der Waals surface area contributed by atoms with Crippen molar-refractivity contribution in [1.82, 2.24) is 10.3 Å². The van der Waals surface area contributed by atoms with Crippen molar-refractivity contribution < 1.29 is 14.3 Å². The van der Waals surface area contributed by atoms with Crippen molar-refractivity contribution in [2.24, 2.45) is 0 Å². The third kappa shape index (κ3) is 3.89. The van der Waals surface area contributed by atoms with Crippen LogP contribution in [0.15, 0.2) is 54.7 Å². The van der Waals surface area contributed by atoms with Gasteiger partial charge in [0.25, 0.3) is 0 Å². The van der Waals surface area contributed by atoms with Crippen molar-refractivity contribution in [3.05, 3.63) is 65.9 Å². The highest BCUT2D eigenvalue weighted by Crippen LogP contribution is 2.37. The Morgan fingerprint density at radius 2 is 1.85 bits per heavy atom. The van der Waals surface area contributed by atoms with Crippen molar-refractivity contribution in [3.63, 3.8) is 0 Å². The van der Waals surface area contributed by atoms with Crippen molar-refractivity contribution in [2.45, 2.75) is 12.3 Å². The molecule has 136 valence electrons. The number of hydrogen-bond acceptors (Lipinski definition) is 3. The highest BCUT2D eigenvalue weighted by molar-refractivity contribution is 5.86. The molecule has 0 spiro atoms. The van der Waals surface area contributed by atoms with E-state index in [0.29, 0.717) is 19.6 Å². The molecule has 1 amide bonds. The molecule has 0 saturated carbocycles. The summed E-state index contributed by atoms with van der Waals surface area (Å²) in [6, 6.07) is 16.0. The van der Waals surface area contributed by atoms with E-state index in [9.17, 15) is 4.79 Å². The zero-order chi connectivity index (χ0) is 18.4. The van der Waals surface area contributed by atoms with Gasteiger partial charge >= 0.3 is 0 Å². The van der Waals surface area contributed by atoms with Gasteiger partial charge in [0.1, 0.15) is 5.75 Å². The summed E-state index contributed by atoms with van der Waals surface area (Å²) < 4.78 is 10.6. The molecule has 0 radical (unpaired) electrons. The Balaban J connectivity index is 1.98. The first-order chi connectivity index (χ1) is 12.7. The maximum atomic E-state index is 12.5. The van der Waals surface area contributed by atoms with Crippen molar-refractivity contribution in [2.75, 3.05) is 27.4 Å². The maximum Gasteiger partial charge on any atom is 0.221 e. The molecule has 0 aliphatic carbocycles. The summed E-state index contributed by atoms with van der Waals surface area (Å²) in [7, 11) is 3.28. The fourth-order valence-corrected chi connectivity index (χ4v) is 3.27. The Morgan fingerprint density at radius 1 is 1.08 bits per heavy atom. The number of amides is 1. The molecule has 1 heterocycles. The average molecular weight is 352 g/mol. The molecule has 0 unspecified atom stereocenters. The van der Waals surface area contributed by atoms with Gasteiger partial charge in [-0.05, 0) is 17.7 Å². The number of carbonyl (C=O) groups is 1. The van der Waals surface area contributed by atoms with E-state index in [-0.39, 0.29) is 11.8 Å². The monoisotopic (exact) mass is 352 g/mol. The average Bonchev–Trinajstić information content (AvgIpc) is 3.10. The van der Waals surface area contributed by atoms with Gasteiger partial charge in [-0.15, -0.1) is 0 Å². The quantitative estimate of drug-likeness (QED) is 0.610. The highest BCUT2D eigenvalue weighted by Gasteiger charge is 2.24. The molecule has 3 aromatic rings. The van der Waals surface area contributed by atoms with Gasteiger partial charge in [-0.1, -0.05) is 36.4 Å². The number of para-hydroxylation sites is 2. The lowest BCUT2D eigenvalue weighted by Gasteiger charge is -2.19. The summed E-state index contributed by atoms with van der Waals surface area (Å²) in [5.41, 5.74) is 3.15. The van der Waals surface area contributed by atoms with E-state index in [1.54, 1.807) is 14.2 Å². The molecular weight excluding hydrogens is 328 g/mol. The fourth-order valence-electron chi connectivity index (χ4n) is 3.27. The summed E-state index contributed by atoms with van der Waals surface area (Å²) in [6.45, 7) is 1.00. The van der Waals surface area contributed by atoms with Crippen LogP contribution in [-0.4, -0.2) is 38.3 Å². The summed E-state index contributed by atoms with van der Waals surface area (Å²) in [5.74, 6) is 0.667. The largest absolute Gasteiger partial charge is 0.496 e. The van der Waals surface area contributed by atoms with Crippen LogP contribution < -0.4 is 10.1 Å². The molecule has 0 saturated heterocycles. The molecule has 0 aliphatic heterocycles. The van der Waals surface area contributed by atoms with Gasteiger partial charge in [-0.25, -0.2) is 0 Å². The zero-order valence-corrected chi connectivity index (χ0v) is 15.1. The van der Waals surface area contributed by atoms with Crippen LogP contribution in [0.5, 0.6) is 5.75 Å². The van der Waals surface area contributed by atoms with Crippen LogP contribution in [0.25, 0.3) is 10.9 Å². The molecule has 1 aromatic heterocycles. The topological polar surface area (TPSA) is 63.4 Å². The first-order valence-corrected chi connectivity index (χ1v) is 8.69. The van der Waals surface area contributed by atoms with Crippen LogP contribution in [0.4, 0.5) is 0 Å². The number of benzene rings is 2. The van der Waals surface area contributed by atoms with Gasteiger partial charge < -0.3 is 19.8 Å². The maximum absolute atomic E-state index is 12.5. The minimum absolute atomic E-state index is 0.0109. The molecule has 5 heteroatoms. The van der Waals surface area contributed by atoms with E-state index >= 15 is 0 Å². The van der Waals surface area contributed by atoms with Crippen LogP contribution in [0.3, 0.4) is 0 Å². The Bertz CT molecular complexity index is 872. The van der Waals surface area contributed by atoms with Gasteiger partial charge in [-0.2, -0.15) is 0 Å². The number of ether oxygens (including phenoxy) is 2. The van der Waals surface area contributed by atoms with E-state index in [2.05, 4.69) is 16.4 Å². The van der Waals surface area contributed by atoms with Crippen molar-refractivity contribution in [3.8, 4) is 5.75 Å². The van der Waals surface area contributed by atoms with Crippen molar-refractivity contribution in [1.29, 1.82) is 0 Å². The van der Waals surface area contributed by atoms with Crippen LogP contribution >= 0.6 is 0 Å². The molecule has 0 bridgehead atoms. The number of rotatable bonds is 8. The second-order valence-corrected chi connectivity index (χ2v) is 6.13. The summed E-state index contributed by atoms with van der Waals surface area (Å²) in [6.07, 6.45) is 2.33. The van der Waals surface area contributed by atoms with Crippen LogP contribution in [0, 0.1) is 0 Å². The minimum atomic E-state index is -0.107. The van der Waals surface area contributed by atoms with Gasteiger partial charge in [0, 0.05) is 48.7 Å². The number of methoxy groups -OCH3 is 2. The van der Waals surface area contributed by atoms with Gasteiger partial charge in [0.05, 0.1) is 13.7 Å². The van der Waals surface area contributed by atoms with E-state index in [0.717, 1.165) is 27.8 Å².